The minimum atomic E-state index is -0.278. The van der Waals surface area contributed by atoms with Gasteiger partial charge in [-0.2, -0.15) is 5.10 Å². The number of hydrogen-bond donors (Lipinski definition) is 2. The van der Waals surface area contributed by atoms with Gasteiger partial charge in [0.15, 0.2) is 11.5 Å². The predicted octanol–water partition coefficient (Wildman–Crippen LogP) is 3.23. The number of hydrogen-bond acceptors (Lipinski definition) is 4. The molecule has 116 valence electrons. The largest absolute Gasteiger partial charge is 0.394 e. The number of carbonyl (C=O) groups is 1. The Morgan fingerprint density at radius 3 is 2.39 bits per heavy atom. The van der Waals surface area contributed by atoms with E-state index in [9.17, 15) is 4.79 Å². The molecule has 0 spiro atoms. The van der Waals surface area contributed by atoms with Gasteiger partial charge in [0.05, 0.1) is 10.7 Å². The van der Waals surface area contributed by atoms with Crippen LogP contribution >= 0.6 is 11.6 Å². The molecule has 0 saturated carbocycles. The summed E-state index contributed by atoms with van der Waals surface area (Å²) in [4.78, 5) is 12.6. The first-order valence-electron chi connectivity index (χ1n) is 6.99. The highest BCUT2D eigenvalue weighted by Gasteiger charge is 2.22. The van der Waals surface area contributed by atoms with E-state index in [4.69, 9.17) is 23.1 Å². The van der Waals surface area contributed by atoms with E-state index in [-0.39, 0.29) is 23.0 Å². The molecule has 0 atom stereocenters. The van der Waals surface area contributed by atoms with Gasteiger partial charge < -0.3 is 11.5 Å². The summed E-state index contributed by atoms with van der Waals surface area (Å²) in [6, 6.07) is 14.3. The number of benzene rings is 2. The lowest BCUT2D eigenvalue weighted by atomic mass is 10.1. The first-order valence-corrected chi connectivity index (χ1v) is 7.37. The molecular weight excluding hydrogens is 312 g/mol. The molecule has 2 aromatic carbocycles. The summed E-state index contributed by atoms with van der Waals surface area (Å²) >= 11 is 6.16. The third-order valence-electron chi connectivity index (χ3n) is 3.57. The van der Waals surface area contributed by atoms with Gasteiger partial charge in [0, 0.05) is 5.56 Å². The summed E-state index contributed by atoms with van der Waals surface area (Å²) in [6.07, 6.45) is 0. The fraction of sp³-hybridized carbons (Fsp3) is 0.0588. The van der Waals surface area contributed by atoms with Crippen molar-refractivity contribution in [3.8, 4) is 5.69 Å². The van der Waals surface area contributed by atoms with Gasteiger partial charge >= 0.3 is 0 Å². The Kier molecular flexibility index (Phi) is 3.80. The molecule has 1 aromatic heterocycles. The quantitative estimate of drug-likeness (QED) is 0.723. The molecule has 0 unspecified atom stereocenters. The Bertz CT molecular complexity index is 884. The highest BCUT2D eigenvalue weighted by molar-refractivity contribution is 6.32. The molecule has 3 aromatic rings. The van der Waals surface area contributed by atoms with Gasteiger partial charge in [-0.1, -0.05) is 53.6 Å². The van der Waals surface area contributed by atoms with Crippen molar-refractivity contribution >= 4 is 28.9 Å². The van der Waals surface area contributed by atoms with Crippen molar-refractivity contribution in [3.63, 3.8) is 0 Å². The molecule has 1 heterocycles. The molecule has 23 heavy (non-hydrogen) atoms. The zero-order chi connectivity index (χ0) is 16.6. The molecule has 3 rings (SSSR count). The SMILES string of the molecule is Cc1ccc(C(=O)c2nn(-c3ccccc3Cl)c(N)c2N)cc1. The Morgan fingerprint density at radius 2 is 1.74 bits per heavy atom. The summed E-state index contributed by atoms with van der Waals surface area (Å²) in [5.74, 6) is -0.0893. The Balaban J connectivity index is 2.08. The molecular formula is C17H15ClN4O. The lowest BCUT2D eigenvalue weighted by molar-refractivity contribution is 0.103. The molecule has 0 bridgehead atoms. The van der Waals surface area contributed by atoms with Crippen LogP contribution in [0.5, 0.6) is 0 Å². The van der Waals surface area contributed by atoms with Crippen LogP contribution in [0.4, 0.5) is 11.5 Å². The van der Waals surface area contributed by atoms with E-state index in [0.29, 0.717) is 16.3 Å². The zero-order valence-electron chi connectivity index (χ0n) is 12.5. The zero-order valence-corrected chi connectivity index (χ0v) is 13.2. The second-order valence-electron chi connectivity index (χ2n) is 5.21. The molecule has 0 aliphatic heterocycles. The van der Waals surface area contributed by atoms with Gasteiger partial charge in [-0.05, 0) is 19.1 Å². The fourth-order valence-corrected chi connectivity index (χ4v) is 2.48. The number of para-hydroxylation sites is 1. The van der Waals surface area contributed by atoms with Gasteiger partial charge in [-0.3, -0.25) is 4.79 Å². The van der Waals surface area contributed by atoms with Crippen molar-refractivity contribution in [3.05, 3.63) is 70.4 Å². The maximum Gasteiger partial charge on any atom is 0.215 e. The standard InChI is InChI=1S/C17H15ClN4O/c1-10-6-8-11(9-7-10)16(23)15-14(19)17(20)22(21-15)13-5-3-2-4-12(13)18/h2-9H,19-20H2,1H3. The van der Waals surface area contributed by atoms with Crippen LogP contribution in [0.1, 0.15) is 21.6 Å². The van der Waals surface area contributed by atoms with E-state index >= 15 is 0 Å². The van der Waals surface area contributed by atoms with Crippen molar-refractivity contribution in [1.29, 1.82) is 0 Å². The summed E-state index contributed by atoms with van der Waals surface area (Å²) in [5, 5.41) is 4.74. The number of nitrogens with zero attached hydrogens (tertiary/aromatic N) is 2. The topological polar surface area (TPSA) is 86.9 Å². The molecule has 6 heteroatoms. The Morgan fingerprint density at radius 1 is 1.09 bits per heavy atom. The maximum atomic E-state index is 12.6. The van der Waals surface area contributed by atoms with Crippen LogP contribution in [-0.4, -0.2) is 15.6 Å². The molecule has 0 fully saturated rings. The molecule has 0 saturated heterocycles. The third-order valence-corrected chi connectivity index (χ3v) is 3.89. The minimum absolute atomic E-state index is 0.117. The highest BCUT2D eigenvalue weighted by Crippen LogP contribution is 2.28. The normalized spacial score (nSPS) is 10.7. The van der Waals surface area contributed by atoms with Crippen molar-refractivity contribution in [2.75, 3.05) is 11.5 Å². The smallest absolute Gasteiger partial charge is 0.215 e. The van der Waals surface area contributed by atoms with E-state index in [1.54, 1.807) is 36.4 Å². The molecule has 0 radical (unpaired) electrons. The van der Waals surface area contributed by atoms with E-state index < -0.39 is 0 Å². The lowest BCUT2D eigenvalue weighted by Gasteiger charge is -2.05. The molecule has 0 amide bonds. The van der Waals surface area contributed by atoms with Crippen LogP contribution < -0.4 is 11.5 Å². The number of anilines is 2. The van der Waals surface area contributed by atoms with Gasteiger partial charge in [0.25, 0.3) is 0 Å². The summed E-state index contributed by atoms with van der Waals surface area (Å²) in [5.41, 5.74) is 14.4. The van der Waals surface area contributed by atoms with Gasteiger partial charge in [-0.25, -0.2) is 4.68 Å². The van der Waals surface area contributed by atoms with Gasteiger partial charge in [0.2, 0.25) is 5.78 Å². The van der Waals surface area contributed by atoms with Crippen molar-refractivity contribution < 1.29 is 4.79 Å². The predicted molar refractivity (Wildman–Crippen MR) is 92.0 cm³/mol. The number of rotatable bonds is 3. The van der Waals surface area contributed by atoms with Crippen LogP contribution in [-0.2, 0) is 0 Å². The monoisotopic (exact) mass is 326 g/mol. The first kappa shape index (κ1) is 15.1. The average molecular weight is 327 g/mol. The summed E-state index contributed by atoms with van der Waals surface area (Å²) in [7, 11) is 0. The number of carbonyl (C=O) groups excluding carboxylic acids is 1. The first-order chi connectivity index (χ1) is 11.0. The van der Waals surface area contributed by atoms with Crippen LogP contribution in [0.15, 0.2) is 48.5 Å². The van der Waals surface area contributed by atoms with Crippen LogP contribution in [0.25, 0.3) is 5.69 Å². The lowest BCUT2D eigenvalue weighted by Crippen LogP contribution is -2.06. The van der Waals surface area contributed by atoms with E-state index in [1.807, 2.05) is 19.1 Å². The summed E-state index contributed by atoms with van der Waals surface area (Å²) in [6.45, 7) is 1.95. The van der Waals surface area contributed by atoms with Crippen LogP contribution in [0.2, 0.25) is 5.02 Å². The average Bonchev–Trinajstić information content (AvgIpc) is 2.84. The number of aryl methyl sites for hydroxylation is 1. The van der Waals surface area contributed by atoms with Crippen LogP contribution in [0.3, 0.4) is 0 Å². The van der Waals surface area contributed by atoms with Crippen LogP contribution in [0, 0.1) is 6.92 Å². The van der Waals surface area contributed by atoms with Gasteiger partial charge in [-0.15, -0.1) is 0 Å². The fourth-order valence-electron chi connectivity index (χ4n) is 2.26. The number of nitrogens with two attached hydrogens (primary N) is 2. The Hall–Kier alpha value is -2.79. The second kappa shape index (κ2) is 5.78. The van der Waals surface area contributed by atoms with Crippen molar-refractivity contribution in [1.82, 2.24) is 9.78 Å². The number of aromatic nitrogens is 2. The maximum absolute atomic E-state index is 12.6. The van der Waals surface area contributed by atoms with Gasteiger partial charge in [0.1, 0.15) is 5.69 Å². The third kappa shape index (κ3) is 2.66. The molecule has 0 aliphatic carbocycles. The van der Waals surface area contributed by atoms with E-state index in [0.717, 1.165) is 5.56 Å². The molecule has 4 N–H and O–H groups in total. The highest BCUT2D eigenvalue weighted by atomic mass is 35.5. The Labute approximate surface area is 138 Å². The van der Waals surface area contributed by atoms with E-state index in [1.165, 1.54) is 4.68 Å². The molecule has 5 nitrogen and oxygen atoms in total. The number of nitrogen functional groups attached to an aromatic ring is 2. The van der Waals surface area contributed by atoms with E-state index in [2.05, 4.69) is 5.10 Å². The van der Waals surface area contributed by atoms with Crippen molar-refractivity contribution in [2.24, 2.45) is 0 Å². The minimum Gasteiger partial charge on any atom is -0.394 e. The number of halogens is 1. The van der Waals surface area contributed by atoms with Crippen molar-refractivity contribution in [2.45, 2.75) is 6.92 Å². The molecule has 0 aliphatic rings. The number of ketones is 1. The summed E-state index contributed by atoms with van der Waals surface area (Å²) < 4.78 is 1.39. The second-order valence-corrected chi connectivity index (χ2v) is 5.61.